The van der Waals surface area contributed by atoms with Gasteiger partial charge in [0.25, 0.3) is 0 Å². The minimum absolute atomic E-state index is 0.756. The molecule has 3 nitrogen and oxygen atoms in total. The van der Waals surface area contributed by atoms with Crippen LogP contribution in [0.15, 0.2) is 0 Å². The average Bonchev–Trinajstić information content (AvgIpc) is 3.21. The SMILES string of the molecule is CNCc1sc(N(C)CC2CCCCC2)nc1C1CC1. The van der Waals surface area contributed by atoms with Crippen molar-refractivity contribution in [3.63, 3.8) is 0 Å². The van der Waals surface area contributed by atoms with Crippen LogP contribution in [0.25, 0.3) is 0 Å². The van der Waals surface area contributed by atoms with Gasteiger partial charge in [0.2, 0.25) is 0 Å². The second kappa shape index (κ2) is 6.44. The Morgan fingerprint density at radius 3 is 2.60 bits per heavy atom. The van der Waals surface area contributed by atoms with E-state index in [2.05, 4.69) is 17.3 Å². The predicted molar refractivity (Wildman–Crippen MR) is 86.7 cm³/mol. The Balaban J connectivity index is 1.67. The Morgan fingerprint density at radius 2 is 1.95 bits per heavy atom. The minimum atomic E-state index is 0.756. The monoisotopic (exact) mass is 293 g/mol. The third kappa shape index (κ3) is 3.34. The van der Waals surface area contributed by atoms with E-state index in [9.17, 15) is 0 Å². The van der Waals surface area contributed by atoms with Crippen LogP contribution in [-0.4, -0.2) is 25.6 Å². The average molecular weight is 293 g/mol. The van der Waals surface area contributed by atoms with Gasteiger partial charge in [-0.3, -0.25) is 0 Å². The second-order valence-electron chi connectivity index (χ2n) is 6.49. The predicted octanol–water partition coefficient (Wildman–Crippen LogP) is 3.76. The van der Waals surface area contributed by atoms with Crippen LogP contribution < -0.4 is 10.2 Å². The molecule has 3 rings (SSSR count). The van der Waals surface area contributed by atoms with Crippen molar-refractivity contribution in [1.82, 2.24) is 10.3 Å². The number of thiazole rings is 1. The summed E-state index contributed by atoms with van der Waals surface area (Å²) in [5.41, 5.74) is 1.38. The fourth-order valence-corrected chi connectivity index (χ4v) is 4.44. The molecule has 0 aliphatic heterocycles. The first-order valence-corrected chi connectivity index (χ1v) is 8.95. The summed E-state index contributed by atoms with van der Waals surface area (Å²) in [6, 6.07) is 0. The van der Waals surface area contributed by atoms with Crippen LogP contribution in [0.4, 0.5) is 5.13 Å². The van der Waals surface area contributed by atoms with Gasteiger partial charge < -0.3 is 10.2 Å². The molecule has 0 unspecified atom stereocenters. The van der Waals surface area contributed by atoms with Crippen molar-refractivity contribution in [2.24, 2.45) is 5.92 Å². The first-order chi connectivity index (χ1) is 9.78. The van der Waals surface area contributed by atoms with Gasteiger partial charge in [-0.1, -0.05) is 19.3 Å². The van der Waals surface area contributed by atoms with E-state index in [1.807, 2.05) is 18.4 Å². The standard InChI is InChI=1S/C16H27N3S/c1-17-10-14-15(13-8-9-13)18-16(20-14)19(2)11-12-6-4-3-5-7-12/h12-13,17H,3-11H2,1-2H3. The number of rotatable bonds is 6. The van der Waals surface area contributed by atoms with Crippen molar-refractivity contribution in [2.45, 2.75) is 57.4 Å². The first kappa shape index (κ1) is 14.3. The summed E-state index contributed by atoms with van der Waals surface area (Å²) in [6.07, 6.45) is 9.79. The third-order valence-electron chi connectivity index (χ3n) is 4.60. The van der Waals surface area contributed by atoms with Gasteiger partial charge in [0.05, 0.1) is 5.69 Å². The van der Waals surface area contributed by atoms with Crippen molar-refractivity contribution in [3.8, 4) is 0 Å². The lowest BCUT2D eigenvalue weighted by Gasteiger charge is -2.26. The summed E-state index contributed by atoms with van der Waals surface area (Å²) in [5.74, 6) is 1.64. The van der Waals surface area contributed by atoms with Crippen molar-refractivity contribution >= 4 is 16.5 Å². The Kier molecular flexibility index (Phi) is 4.61. The van der Waals surface area contributed by atoms with E-state index >= 15 is 0 Å². The highest BCUT2D eigenvalue weighted by Crippen LogP contribution is 2.44. The van der Waals surface area contributed by atoms with Gasteiger partial charge in [-0.05, 0) is 38.6 Å². The minimum Gasteiger partial charge on any atom is -0.351 e. The summed E-state index contributed by atoms with van der Waals surface area (Å²) >= 11 is 1.90. The number of anilines is 1. The largest absolute Gasteiger partial charge is 0.351 e. The molecule has 0 saturated heterocycles. The molecular formula is C16H27N3S. The molecule has 112 valence electrons. The van der Waals surface area contributed by atoms with Gasteiger partial charge in [0.15, 0.2) is 5.13 Å². The fourth-order valence-electron chi connectivity index (χ4n) is 3.31. The Labute approximate surface area is 126 Å². The van der Waals surface area contributed by atoms with Gasteiger partial charge >= 0.3 is 0 Å². The number of hydrogen-bond acceptors (Lipinski definition) is 4. The zero-order valence-electron chi connectivity index (χ0n) is 12.8. The zero-order valence-corrected chi connectivity index (χ0v) is 13.6. The number of nitrogens with zero attached hydrogens (tertiary/aromatic N) is 2. The highest BCUT2D eigenvalue weighted by atomic mass is 32.1. The van der Waals surface area contributed by atoms with Gasteiger partial charge in [0.1, 0.15) is 0 Å². The van der Waals surface area contributed by atoms with E-state index in [1.165, 1.54) is 67.2 Å². The maximum absolute atomic E-state index is 4.96. The molecule has 4 heteroatoms. The molecule has 1 aromatic rings. The molecule has 2 aliphatic carbocycles. The Bertz CT molecular complexity index is 433. The lowest BCUT2D eigenvalue weighted by molar-refractivity contribution is 0.362. The summed E-state index contributed by atoms with van der Waals surface area (Å²) in [7, 11) is 4.26. The van der Waals surface area contributed by atoms with E-state index in [4.69, 9.17) is 4.98 Å². The molecule has 2 aliphatic rings. The van der Waals surface area contributed by atoms with Gasteiger partial charge in [-0.25, -0.2) is 4.98 Å². The Morgan fingerprint density at radius 1 is 1.20 bits per heavy atom. The van der Waals surface area contributed by atoms with Crippen LogP contribution in [0, 0.1) is 5.92 Å². The molecule has 0 spiro atoms. The van der Waals surface area contributed by atoms with E-state index in [-0.39, 0.29) is 0 Å². The molecule has 20 heavy (non-hydrogen) atoms. The molecule has 1 heterocycles. The maximum atomic E-state index is 4.96. The van der Waals surface area contributed by atoms with Gasteiger partial charge in [-0.2, -0.15) is 0 Å². The summed E-state index contributed by atoms with van der Waals surface area (Å²) in [6.45, 7) is 2.16. The van der Waals surface area contributed by atoms with Crippen LogP contribution in [0.3, 0.4) is 0 Å². The summed E-state index contributed by atoms with van der Waals surface area (Å²) < 4.78 is 0. The molecule has 0 bridgehead atoms. The van der Waals surface area contributed by atoms with E-state index in [0.717, 1.165) is 18.4 Å². The molecule has 0 radical (unpaired) electrons. The molecule has 0 atom stereocenters. The smallest absolute Gasteiger partial charge is 0.185 e. The molecule has 2 fully saturated rings. The lowest BCUT2D eigenvalue weighted by Crippen LogP contribution is -2.26. The van der Waals surface area contributed by atoms with E-state index in [0.29, 0.717) is 0 Å². The Hall–Kier alpha value is -0.610. The van der Waals surface area contributed by atoms with Crippen LogP contribution in [0.2, 0.25) is 0 Å². The van der Waals surface area contributed by atoms with Crippen molar-refractivity contribution < 1.29 is 0 Å². The summed E-state index contributed by atoms with van der Waals surface area (Å²) in [4.78, 5) is 8.83. The van der Waals surface area contributed by atoms with Crippen LogP contribution in [-0.2, 0) is 6.54 Å². The highest BCUT2D eigenvalue weighted by Gasteiger charge is 2.30. The van der Waals surface area contributed by atoms with Crippen molar-refractivity contribution in [1.29, 1.82) is 0 Å². The third-order valence-corrected chi connectivity index (χ3v) is 5.79. The van der Waals surface area contributed by atoms with Crippen molar-refractivity contribution in [2.75, 3.05) is 25.5 Å². The molecule has 0 aromatic carbocycles. The molecule has 1 aromatic heterocycles. The normalized spacial score (nSPS) is 20.3. The quantitative estimate of drug-likeness (QED) is 0.865. The van der Waals surface area contributed by atoms with E-state index < -0.39 is 0 Å². The zero-order chi connectivity index (χ0) is 13.9. The van der Waals surface area contributed by atoms with Crippen molar-refractivity contribution in [3.05, 3.63) is 10.6 Å². The van der Waals surface area contributed by atoms with Crippen LogP contribution >= 0.6 is 11.3 Å². The van der Waals surface area contributed by atoms with Crippen LogP contribution in [0.1, 0.15) is 61.4 Å². The van der Waals surface area contributed by atoms with Gasteiger partial charge in [-0.15, -0.1) is 11.3 Å². The second-order valence-corrected chi connectivity index (χ2v) is 7.56. The van der Waals surface area contributed by atoms with Gasteiger partial charge in [0, 0.05) is 30.9 Å². The number of nitrogens with one attached hydrogen (secondary N) is 1. The first-order valence-electron chi connectivity index (χ1n) is 8.13. The number of hydrogen-bond donors (Lipinski definition) is 1. The molecule has 0 amide bonds. The topological polar surface area (TPSA) is 28.2 Å². The molecule has 1 N–H and O–H groups in total. The lowest BCUT2D eigenvalue weighted by atomic mass is 9.89. The van der Waals surface area contributed by atoms with Crippen LogP contribution in [0.5, 0.6) is 0 Å². The maximum Gasteiger partial charge on any atom is 0.185 e. The highest BCUT2D eigenvalue weighted by molar-refractivity contribution is 7.15. The molecular weight excluding hydrogens is 266 g/mol. The number of aromatic nitrogens is 1. The fraction of sp³-hybridized carbons (Fsp3) is 0.812. The summed E-state index contributed by atoms with van der Waals surface area (Å²) in [5, 5.41) is 4.53. The molecule has 2 saturated carbocycles. The van der Waals surface area contributed by atoms with E-state index in [1.54, 1.807) is 0 Å².